The van der Waals surface area contributed by atoms with Gasteiger partial charge < -0.3 is 9.88 Å². The van der Waals surface area contributed by atoms with E-state index in [4.69, 9.17) is 0 Å². The lowest BCUT2D eigenvalue weighted by Gasteiger charge is -2.12. The zero-order chi connectivity index (χ0) is 20.4. The van der Waals surface area contributed by atoms with Crippen molar-refractivity contribution in [3.8, 4) is 5.69 Å². The third-order valence-corrected chi connectivity index (χ3v) is 5.35. The molecular weight excluding hydrogens is 366 g/mol. The summed E-state index contributed by atoms with van der Waals surface area (Å²) in [5.74, 6) is -0.307. The molecule has 0 radical (unpaired) electrons. The summed E-state index contributed by atoms with van der Waals surface area (Å²) in [6.07, 6.45) is 9.26. The van der Waals surface area contributed by atoms with E-state index >= 15 is 0 Å². The molecule has 1 aromatic carbocycles. The molecule has 0 saturated carbocycles. The summed E-state index contributed by atoms with van der Waals surface area (Å²) in [5, 5.41) is 7.41. The number of fused-ring (bicyclic) bond motifs is 1. The van der Waals surface area contributed by atoms with Gasteiger partial charge >= 0.3 is 0 Å². The smallest absolute Gasteiger partial charge is 0.279 e. The van der Waals surface area contributed by atoms with Gasteiger partial charge in [-0.2, -0.15) is 5.10 Å². The van der Waals surface area contributed by atoms with Crippen molar-refractivity contribution in [3.63, 3.8) is 0 Å². The van der Waals surface area contributed by atoms with Crippen molar-refractivity contribution in [2.75, 3.05) is 6.54 Å². The number of hydrogen-bond acceptors (Lipinski definition) is 4. The number of carbonyl (C=O) groups is 1. The fraction of sp³-hybridized carbons (Fsp3) is 0.364. The maximum Gasteiger partial charge on any atom is 0.279 e. The van der Waals surface area contributed by atoms with Crippen LogP contribution in [0.15, 0.2) is 47.0 Å². The summed E-state index contributed by atoms with van der Waals surface area (Å²) in [6, 6.07) is 7.65. The number of nitrogens with zero attached hydrogens (tertiary/aromatic N) is 4. The van der Waals surface area contributed by atoms with E-state index in [0.29, 0.717) is 17.6 Å². The first-order valence-corrected chi connectivity index (χ1v) is 10.0. The Kier molecular flexibility index (Phi) is 5.29. The van der Waals surface area contributed by atoms with Crippen LogP contribution in [0.25, 0.3) is 16.7 Å². The van der Waals surface area contributed by atoms with Crippen molar-refractivity contribution in [2.45, 2.75) is 39.0 Å². The zero-order valence-electron chi connectivity index (χ0n) is 16.8. The molecule has 2 heterocycles. The van der Waals surface area contributed by atoms with Gasteiger partial charge in [0.1, 0.15) is 5.52 Å². The number of nitrogens with one attached hydrogen (secondary N) is 1. The molecule has 0 spiro atoms. The van der Waals surface area contributed by atoms with E-state index in [-0.39, 0.29) is 17.2 Å². The molecule has 3 aromatic rings. The average molecular weight is 391 g/mol. The molecule has 150 valence electrons. The highest BCUT2D eigenvalue weighted by atomic mass is 16.2. The van der Waals surface area contributed by atoms with Crippen LogP contribution in [0, 0.1) is 6.92 Å². The number of benzene rings is 1. The summed E-state index contributed by atoms with van der Waals surface area (Å²) < 4.78 is 2.91. The topological polar surface area (TPSA) is 81.8 Å². The predicted molar refractivity (Wildman–Crippen MR) is 112 cm³/mol. The van der Waals surface area contributed by atoms with Crippen LogP contribution in [0.3, 0.4) is 0 Å². The quantitative estimate of drug-likeness (QED) is 0.678. The van der Waals surface area contributed by atoms with E-state index in [9.17, 15) is 9.59 Å². The third kappa shape index (κ3) is 3.85. The number of allylic oxidation sites excluding steroid dienone is 1. The summed E-state index contributed by atoms with van der Waals surface area (Å²) >= 11 is 0. The highest BCUT2D eigenvalue weighted by molar-refractivity contribution is 6.03. The van der Waals surface area contributed by atoms with Gasteiger partial charge in [-0.25, -0.2) is 9.67 Å². The highest BCUT2D eigenvalue weighted by Crippen LogP contribution is 2.20. The Balaban J connectivity index is 1.66. The van der Waals surface area contributed by atoms with Crippen LogP contribution >= 0.6 is 0 Å². The number of aryl methyl sites for hydroxylation is 2. The fourth-order valence-electron chi connectivity index (χ4n) is 3.67. The van der Waals surface area contributed by atoms with Crippen LogP contribution in [0.4, 0.5) is 0 Å². The second-order valence-electron chi connectivity index (χ2n) is 7.57. The Morgan fingerprint density at radius 3 is 2.72 bits per heavy atom. The van der Waals surface area contributed by atoms with Crippen LogP contribution in [0.5, 0.6) is 0 Å². The fourth-order valence-corrected chi connectivity index (χ4v) is 3.67. The predicted octanol–water partition coefficient (Wildman–Crippen LogP) is 3.05. The number of amides is 1. The molecule has 0 aliphatic heterocycles. The molecule has 1 aliphatic rings. The van der Waals surface area contributed by atoms with Gasteiger partial charge in [0.05, 0.1) is 12.0 Å². The van der Waals surface area contributed by atoms with E-state index in [1.165, 1.54) is 34.0 Å². The molecular formula is C22H25N5O2. The van der Waals surface area contributed by atoms with Crippen molar-refractivity contribution in [3.05, 3.63) is 63.9 Å². The molecule has 4 rings (SSSR count). The standard InChI is InChI=1S/C22H25N5O2/c1-15-8-10-17(11-9-15)27-20-18(24-14-26(2)22(20)29)19(25-27)21(28)23-13-12-16-6-4-3-5-7-16/h6,8-11,14H,3-5,7,12-13H2,1-2H3,(H,23,28). The maximum absolute atomic E-state index is 12.8. The minimum Gasteiger partial charge on any atom is -0.350 e. The second-order valence-corrected chi connectivity index (χ2v) is 7.57. The minimum atomic E-state index is -0.307. The monoisotopic (exact) mass is 391 g/mol. The van der Waals surface area contributed by atoms with Crippen LogP contribution in [-0.4, -0.2) is 31.8 Å². The van der Waals surface area contributed by atoms with Crippen molar-refractivity contribution >= 4 is 16.9 Å². The zero-order valence-corrected chi connectivity index (χ0v) is 16.8. The first kappa shape index (κ1) is 19.1. The van der Waals surface area contributed by atoms with Gasteiger partial charge in [-0.05, 0) is 51.2 Å². The lowest BCUT2D eigenvalue weighted by molar-refractivity contribution is 0.0950. The molecule has 0 unspecified atom stereocenters. The molecule has 7 nitrogen and oxygen atoms in total. The van der Waals surface area contributed by atoms with Crippen molar-refractivity contribution < 1.29 is 4.79 Å². The van der Waals surface area contributed by atoms with E-state index in [1.54, 1.807) is 7.05 Å². The molecule has 1 amide bonds. The lowest BCUT2D eigenvalue weighted by atomic mass is 9.97. The largest absolute Gasteiger partial charge is 0.350 e. The highest BCUT2D eigenvalue weighted by Gasteiger charge is 2.22. The molecule has 0 bridgehead atoms. The first-order valence-electron chi connectivity index (χ1n) is 10.0. The van der Waals surface area contributed by atoms with Gasteiger partial charge in [0, 0.05) is 13.6 Å². The lowest BCUT2D eigenvalue weighted by Crippen LogP contribution is -2.26. The minimum absolute atomic E-state index is 0.177. The summed E-state index contributed by atoms with van der Waals surface area (Å²) in [7, 11) is 1.64. The third-order valence-electron chi connectivity index (χ3n) is 5.35. The Morgan fingerprint density at radius 2 is 2.00 bits per heavy atom. The molecule has 1 N–H and O–H groups in total. The number of rotatable bonds is 5. The molecule has 2 aromatic heterocycles. The van der Waals surface area contributed by atoms with Gasteiger partial charge in [-0.3, -0.25) is 9.59 Å². The molecule has 29 heavy (non-hydrogen) atoms. The van der Waals surface area contributed by atoms with Crippen LogP contribution in [-0.2, 0) is 7.05 Å². The Morgan fingerprint density at radius 1 is 1.21 bits per heavy atom. The van der Waals surface area contributed by atoms with Gasteiger partial charge in [0.2, 0.25) is 0 Å². The van der Waals surface area contributed by atoms with Crippen molar-refractivity contribution in [1.82, 2.24) is 24.6 Å². The summed E-state index contributed by atoms with van der Waals surface area (Å²) in [5.41, 5.74) is 3.79. The van der Waals surface area contributed by atoms with Crippen molar-refractivity contribution in [1.29, 1.82) is 0 Å². The summed E-state index contributed by atoms with van der Waals surface area (Å²) in [6.45, 7) is 2.54. The van der Waals surface area contributed by atoms with Crippen molar-refractivity contribution in [2.24, 2.45) is 7.05 Å². The van der Waals surface area contributed by atoms with E-state index in [0.717, 1.165) is 30.5 Å². The molecule has 7 heteroatoms. The molecule has 0 fully saturated rings. The van der Waals surface area contributed by atoms with E-state index in [2.05, 4.69) is 21.5 Å². The first-order chi connectivity index (χ1) is 14.0. The maximum atomic E-state index is 12.8. The SMILES string of the molecule is Cc1ccc(-n2nc(C(=O)NCCC3=CCCCC3)c3ncn(C)c(=O)c32)cc1. The average Bonchev–Trinajstić information content (AvgIpc) is 3.12. The van der Waals surface area contributed by atoms with Gasteiger partial charge in [0.25, 0.3) is 11.5 Å². The Labute approximate surface area is 169 Å². The molecule has 0 atom stereocenters. The Bertz CT molecular complexity index is 1140. The summed E-state index contributed by atoms with van der Waals surface area (Å²) in [4.78, 5) is 29.9. The van der Waals surface area contributed by atoms with E-state index in [1.807, 2.05) is 31.2 Å². The number of hydrogen-bond donors (Lipinski definition) is 1. The Hall–Kier alpha value is -3.22. The van der Waals surface area contributed by atoms with E-state index < -0.39 is 0 Å². The molecule has 1 aliphatic carbocycles. The molecule has 0 saturated heterocycles. The van der Waals surface area contributed by atoms with Gasteiger partial charge in [0.15, 0.2) is 11.2 Å². The second kappa shape index (κ2) is 8.03. The number of carbonyl (C=O) groups excluding carboxylic acids is 1. The van der Waals surface area contributed by atoms with Gasteiger partial charge in [-0.1, -0.05) is 29.3 Å². The normalized spacial score (nSPS) is 14.1. The van der Waals surface area contributed by atoms with Crippen LogP contribution < -0.4 is 10.9 Å². The number of aromatic nitrogens is 4. The van der Waals surface area contributed by atoms with Crippen LogP contribution in [0.1, 0.15) is 48.2 Å². The van der Waals surface area contributed by atoms with Crippen LogP contribution in [0.2, 0.25) is 0 Å². The van der Waals surface area contributed by atoms with Gasteiger partial charge in [-0.15, -0.1) is 0 Å².